The number of allylic oxidation sites excluding steroid dienone is 2. The molecule has 0 radical (unpaired) electrons. The molecular formula is C63H118N8NaO13S+3. The van der Waals surface area contributed by atoms with E-state index in [1.54, 1.807) is 20.8 Å². The molecule has 0 saturated heterocycles. The monoisotopic (exact) mass is 1250 g/mol. The van der Waals surface area contributed by atoms with E-state index in [0.29, 0.717) is 39.0 Å². The van der Waals surface area contributed by atoms with E-state index in [1.807, 2.05) is 50.9 Å². The van der Waals surface area contributed by atoms with Crippen LogP contribution in [0.4, 0.5) is 0 Å². The van der Waals surface area contributed by atoms with Crippen molar-refractivity contribution in [3.05, 3.63) is 134 Å². The maximum atomic E-state index is 10.7. The van der Waals surface area contributed by atoms with Gasteiger partial charge >= 0.3 is 41.5 Å². The van der Waals surface area contributed by atoms with E-state index in [-0.39, 0.29) is 78.2 Å². The van der Waals surface area contributed by atoms with Crippen LogP contribution in [-0.2, 0) is 57.9 Å². The van der Waals surface area contributed by atoms with Gasteiger partial charge in [0.2, 0.25) is 30.3 Å². The van der Waals surface area contributed by atoms with Gasteiger partial charge in [-0.3, -0.25) is 34.1 Å². The van der Waals surface area contributed by atoms with Gasteiger partial charge in [-0.1, -0.05) is 93.5 Å². The Bertz CT molecular complexity index is 2070. The SMILES string of the molecule is C=CC(=O)NC(CC)CS(=O)(=O)[O-].C=CC(=O)NC/[N+](C)=C/CC.C=CC(=O)NCCC.C=CC(=O)NC[N+](C)(C)CC.C=CC(=O)OCC.C=CC(=O)OCC.C=CC(C)=O.C=CC(C)=O.C=CC(C)[N+](C)(C)CC.C=CC[N+](C)=CCC.[CH3-].[Na+]. The number of hydrogen-bond acceptors (Lipinski definition) is 13. The first kappa shape index (κ1) is 108. The van der Waals surface area contributed by atoms with Crippen molar-refractivity contribution in [2.75, 3.05) is 101 Å². The summed E-state index contributed by atoms with van der Waals surface area (Å²) in [5.41, 5.74) is 0. The van der Waals surface area contributed by atoms with Crippen molar-refractivity contribution >= 4 is 69.7 Å². The quantitative estimate of drug-likeness (QED) is 0.00809. The van der Waals surface area contributed by atoms with Crippen molar-refractivity contribution in [3.8, 4) is 0 Å². The fourth-order valence-electron chi connectivity index (χ4n) is 3.78. The number of ketones is 2. The molecule has 2 atom stereocenters. The van der Waals surface area contributed by atoms with E-state index in [4.69, 9.17) is 0 Å². The van der Waals surface area contributed by atoms with Crippen LogP contribution < -0.4 is 50.8 Å². The smallest absolute Gasteiger partial charge is 0.748 e. The Hall–Kier alpha value is -6.27. The third kappa shape index (κ3) is 109. The molecule has 0 heterocycles. The summed E-state index contributed by atoms with van der Waals surface area (Å²) in [6.45, 7) is 60.1. The Morgan fingerprint density at radius 2 is 0.953 bits per heavy atom. The van der Waals surface area contributed by atoms with Crippen molar-refractivity contribution in [1.82, 2.24) is 21.3 Å². The number of likely N-dealkylation sites (N-methyl/N-ethyl adjacent to an activating group) is 2. The number of ether oxygens (including phenoxy) is 2. The number of amides is 4. The Labute approximate surface area is 544 Å². The van der Waals surface area contributed by atoms with E-state index < -0.39 is 27.8 Å². The molecule has 492 valence electrons. The summed E-state index contributed by atoms with van der Waals surface area (Å²) < 4.78 is 45.7. The number of hydrogen-bond donors (Lipinski definition) is 4. The van der Waals surface area contributed by atoms with Crippen LogP contribution in [0.3, 0.4) is 0 Å². The number of esters is 2. The third-order valence-electron chi connectivity index (χ3n) is 9.72. The van der Waals surface area contributed by atoms with Gasteiger partial charge < -0.3 is 46.4 Å². The zero-order valence-corrected chi connectivity index (χ0v) is 59.7. The topological polar surface area (TPSA) is 266 Å². The fraction of sp³-hybridized carbons (Fsp3) is 0.508. The Kier molecular flexibility index (Phi) is 96.1. The van der Waals surface area contributed by atoms with Crippen LogP contribution in [0.5, 0.6) is 0 Å². The number of quaternary nitrogens is 2. The summed E-state index contributed by atoms with van der Waals surface area (Å²) in [5.74, 6) is -2.07. The Balaban J connectivity index is -0.0000000714. The van der Waals surface area contributed by atoms with Gasteiger partial charge in [0.25, 0.3) is 0 Å². The number of nitrogens with one attached hydrogen (secondary N) is 4. The molecule has 0 aliphatic rings. The summed E-state index contributed by atoms with van der Waals surface area (Å²) in [7, 11) is 8.22. The van der Waals surface area contributed by atoms with Crippen LogP contribution in [0.1, 0.15) is 102 Å². The van der Waals surface area contributed by atoms with Gasteiger partial charge in [-0.05, 0) is 110 Å². The van der Waals surface area contributed by atoms with Crippen LogP contribution in [0.2, 0.25) is 0 Å². The molecule has 0 aliphatic carbocycles. The van der Waals surface area contributed by atoms with Crippen LogP contribution in [0.15, 0.2) is 127 Å². The second-order valence-electron chi connectivity index (χ2n) is 17.9. The summed E-state index contributed by atoms with van der Waals surface area (Å²) in [6, 6.07) is -0.0667. The molecule has 23 heteroatoms. The molecule has 21 nitrogen and oxygen atoms in total. The number of rotatable bonds is 28. The molecule has 2 unspecified atom stereocenters. The van der Waals surface area contributed by atoms with E-state index in [2.05, 4.69) is 163 Å². The van der Waals surface area contributed by atoms with Gasteiger partial charge in [-0.2, -0.15) is 0 Å². The van der Waals surface area contributed by atoms with Crippen molar-refractivity contribution in [2.45, 2.75) is 114 Å². The molecular weight excluding hydrogens is 1130 g/mol. The molecule has 4 N–H and O–H groups in total. The van der Waals surface area contributed by atoms with Crippen LogP contribution in [0.25, 0.3) is 0 Å². The molecule has 0 aromatic heterocycles. The van der Waals surface area contributed by atoms with Gasteiger partial charge in [0, 0.05) is 37.6 Å². The fourth-order valence-corrected chi connectivity index (χ4v) is 4.59. The molecule has 4 amide bonds. The molecule has 0 saturated carbocycles. The molecule has 0 spiro atoms. The molecule has 0 rings (SSSR count). The summed E-state index contributed by atoms with van der Waals surface area (Å²) in [5, 5.41) is 10.4. The normalized spacial score (nSPS) is 10.2. The molecule has 0 bridgehead atoms. The predicted molar refractivity (Wildman–Crippen MR) is 354 cm³/mol. The van der Waals surface area contributed by atoms with Crippen molar-refractivity contribution in [3.63, 3.8) is 0 Å². The molecule has 86 heavy (non-hydrogen) atoms. The van der Waals surface area contributed by atoms with Crippen molar-refractivity contribution in [1.29, 1.82) is 0 Å². The minimum absolute atomic E-state index is 0. The summed E-state index contributed by atoms with van der Waals surface area (Å²) in [6.07, 6.45) is 21.2. The van der Waals surface area contributed by atoms with Crippen molar-refractivity contribution in [2.24, 2.45) is 0 Å². The molecule has 0 aromatic rings. The minimum atomic E-state index is -4.29. The Morgan fingerprint density at radius 3 is 1.20 bits per heavy atom. The van der Waals surface area contributed by atoms with Gasteiger partial charge in [-0.25, -0.2) is 27.2 Å². The Morgan fingerprint density at radius 1 is 0.581 bits per heavy atom. The first-order valence-corrected chi connectivity index (χ1v) is 28.9. The number of carbonyl (C=O) groups excluding carboxylic acids is 8. The largest absolute Gasteiger partial charge is 1.00 e. The second kappa shape index (κ2) is 76.7. The summed E-state index contributed by atoms with van der Waals surface area (Å²) in [4.78, 5) is 82.0. The summed E-state index contributed by atoms with van der Waals surface area (Å²) >= 11 is 0. The average molecular weight is 1250 g/mol. The average Bonchev–Trinajstić information content (AvgIpc) is 3.45. The van der Waals surface area contributed by atoms with Gasteiger partial charge in [0.15, 0.2) is 24.8 Å². The number of nitrogens with zero attached hydrogens (tertiary/aromatic N) is 4. The number of carbonyl (C=O) groups is 8. The van der Waals surface area contributed by atoms with Gasteiger partial charge in [-0.15, -0.1) is 0 Å². The molecule has 0 fully saturated rings. The van der Waals surface area contributed by atoms with Gasteiger partial charge in [0.1, 0.15) is 32.6 Å². The first-order chi connectivity index (χ1) is 38.9. The predicted octanol–water partition coefficient (Wildman–Crippen LogP) is 4.42. The van der Waals surface area contributed by atoms with Crippen molar-refractivity contribution < 1.29 is 108 Å². The van der Waals surface area contributed by atoms with Crippen LogP contribution >= 0.6 is 0 Å². The van der Waals surface area contributed by atoms with Crippen LogP contribution in [0, 0.1) is 7.43 Å². The second-order valence-corrected chi connectivity index (χ2v) is 19.3. The van der Waals surface area contributed by atoms with E-state index in [1.165, 1.54) is 44.2 Å². The standard InChI is InChI=1S/C8H16N2O.C8H14N2O.C8H18N.C7H13NO4S.C7H14N.C6H11NO.2C5H8O2.2C4H6O.CH3.Na/c1-5-8(11)9-7-10(3,4)6-2;1-4-6-10(3)7-9-8(11)5-2;1-6-8(3)9(4,5)7-2;1-3-6(5-13(10,11)12)8-7(9)4-2;1-4-6-8(3)7-5-2;1-3-5-7-6(8)4-2;2*1-3-5(6)7-4-2;2*1-3-4(2)5;;/h5H,1,6-7H2,2-4H3;5-6H,2,4,7H2,1,3H3;6,8H,1,7H2,2-5H3;4,6H,2-3,5H2,1H3,(H,8,9)(H,10,11,12);4,7H,1,5-6H2,2-3H3;4H,2-3,5H2,1H3,(H,7,8);2*3H,1,4H2,2H3;2*3H,1H2,2H3;1H3;/q;;+1;;+1;;;;;;-1;+1/p+1/b;10-6+;;;;;;;;;;. The molecule has 0 aliphatic heterocycles. The van der Waals surface area contributed by atoms with Crippen LogP contribution in [-0.4, -0.2) is 204 Å². The molecule has 0 aromatic carbocycles. The zero-order valence-electron chi connectivity index (χ0n) is 56.9. The maximum Gasteiger partial charge on any atom is 1.00 e. The minimum Gasteiger partial charge on any atom is -0.748 e. The zero-order chi connectivity index (χ0) is 68.3. The third-order valence-corrected chi connectivity index (χ3v) is 10.5. The first-order valence-electron chi connectivity index (χ1n) is 27.3. The van der Waals surface area contributed by atoms with Gasteiger partial charge in [0.05, 0.1) is 70.4 Å². The van der Waals surface area contributed by atoms with E-state index in [0.717, 1.165) is 72.6 Å². The maximum absolute atomic E-state index is 10.7. The van der Waals surface area contributed by atoms with E-state index >= 15 is 0 Å². The van der Waals surface area contributed by atoms with E-state index in [9.17, 15) is 51.3 Å².